The molecule has 0 saturated heterocycles. The maximum atomic E-state index is 12.8. The lowest BCUT2D eigenvalue weighted by atomic mass is 10.1. The van der Waals surface area contributed by atoms with Crippen LogP contribution < -0.4 is 5.32 Å². The number of pyridine rings is 1. The van der Waals surface area contributed by atoms with E-state index in [1.165, 1.54) is 5.56 Å². The van der Waals surface area contributed by atoms with E-state index in [9.17, 15) is 4.79 Å². The normalized spacial score (nSPS) is 10.9. The number of carbonyl (C=O) groups excluding carboxylic acids is 1. The van der Waals surface area contributed by atoms with Gasteiger partial charge in [0.1, 0.15) is 0 Å². The van der Waals surface area contributed by atoms with Gasteiger partial charge in [-0.3, -0.25) is 14.5 Å². The van der Waals surface area contributed by atoms with Crippen LogP contribution in [0, 0.1) is 6.92 Å². The number of nitrogens with zero attached hydrogens (tertiary/aromatic N) is 3. The Morgan fingerprint density at radius 2 is 1.82 bits per heavy atom. The zero-order valence-electron chi connectivity index (χ0n) is 15.8. The van der Waals surface area contributed by atoms with E-state index in [4.69, 9.17) is 0 Å². The van der Waals surface area contributed by atoms with Gasteiger partial charge in [-0.1, -0.05) is 54.1 Å². The third kappa shape index (κ3) is 3.93. The Morgan fingerprint density at radius 1 is 1.00 bits per heavy atom. The predicted molar refractivity (Wildman–Crippen MR) is 110 cm³/mol. The van der Waals surface area contributed by atoms with Crippen molar-refractivity contribution < 1.29 is 4.79 Å². The van der Waals surface area contributed by atoms with Crippen molar-refractivity contribution in [2.45, 2.75) is 19.9 Å². The molecule has 1 N–H and O–H groups in total. The van der Waals surface area contributed by atoms with Crippen LogP contribution in [0.25, 0.3) is 10.9 Å². The van der Waals surface area contributed by atoms with Crippen LogP contribution in [-0.2, 0) is 13.0 Å². The van der Waals surface area contributed by atoms with Crippen molar-refractivity contribution in [3.63, 3.8) is 0 Å². The zero-order chi connectivity index (χ0) is 19.3. The van der Waals surface area contributed by atoms with Crippen molar-refractivity contribution in [2.24, 2.45) is 0 Å². The van der Waals surface area contributed by atoms with Gasteiger partial charge in [0.25, 0.3) is 5.91 Å². The second kappa shape index (κ2) is 8.05. The van der Waals surface area contributed by atoms with Gasteiger partial charge in [0.15, 0.2) is 5.69 Å². The van der Waals surface area contributed by atoms with Gasteiger partial charge in [0.05, 0.1) is 12.1 Å². The highest BCUT2D eigenvalue weighted by Crippen LogP contribution is 2.20. The van der Waals surface area contributed by atoms with E-state index in [0.29, 0.717) is 18.8 Å². The van der Waals surface area contributed by atoms with Crippen LogP contribution in [0.5, 0.6) is 0 Å². The molecule has 4 rings (SSSR count). The first-order valence-electron chi connectivity index (χ1n) is 9.39. The molecule has 2 heterocycles. The largest absolute Gasteiger partial charge is 0.350 e. The number of para-hydroxylation sites is 1. The number of nitrogens with one attached hydrogen (secondary N) is 1. The van der Waals surface area contributed by atoms with Crippen molar-refractivity contribution in [3.05, 3.63) is 95.4 Å². The highest BCUT2D eigenvalue weighted by atomic mass is 16.1. The van der Waals surface area contributed by atoms with Crippen molar-refractivity contribution >= 4 is 16.8 Å². The number of hydrogen-bond acceptors (Lipinski definition) is 3. The lowest BCUT2D eigenvalue weighted by molar-refractivity contribution is 0.0950. The summed E-state index contributed by atoms with van der Waals surface area (Å²) in [5, 5.41) is 8.48. The molecule has 0 unspecified atom stereocenters. The minimum Gasteiger partial charge on any atom is -0.350 e. The summed E-state index contributed by atoms with van der Waals surface area (Å²) in [6.45, 7) is 3.24. The number of carbonyl (C=O) groups is 1. The molecule has 2 aromatic heterocycles. The second-order valence-electron chi connectivity index (χ2n) is 6.88. The summed E-state index contributed by atoms with van der Waals surface area (Å²) >= 11 is 0. The minimum atomic E-state index is -0.150. The predicted octanol–water partition coefficient (Wildman–Crippen LogP) is 3.76. The molecular weight excluding hydrogens is 348 g/mol. The second-order valence-corrected chi connectivity index (χ2v) is 6.88. The Bertz CT molecular complexity index is 1080. The molecule has 0 bridgehead atoms. The molecule has 4 aromatic rings. The number of benzene rings is 2. The summed E-state index contributed by atoms with van der Waals surface area (Å²) in [6, 6.07) is 20.1. The molecule has 0 spiro atoms. The SMILES string of the molecule is Cc1ccc(Cn2nc(C(=O)NCCc3cccnc3)c3ccccc32)cc1. The van der Waals surface area contributed by atoms with Crippen LogP contribution in [0.1, 0.15) is 27.2 Å². The molecule has 0 aliphatic heterocycles. The molecule has 0 atom stereocenters. The van der Waals surface area contributed by atoms with Crippen LogP contribution in [0.15, 0.2) is 73.1 Å². The van der Waals surface area contributed by atoms with Crippen molar-refractivity contribution in [3.8, 4) is 0 Å². The summed E-state index contributed by atoms with van der Waals surface area (Å²) in [4.78, 5) is 16.9. The molecule has 140 valence electrons. The van der Waals surface area contributed by atoms with Gasteiger partial charge in [0, 0.05) is 24.3 Å². The third-order valence-corrected chi connectivity index (χ3v) is 4.75. The number of aryl methyl sites for hydroxylation is 1. The number of aromatic nitrogens is 3. The van der Waals surface area contributed by atoms with Crippen LogP contribution in [0.3, 0.4) is 0 Å². The lowest BCUT2D eigenvalue weighted by Crippen LogP contribution is -2.26. The zero-order valence-corrected chi connectivity index (χ0v) is 15.8. The van der Waals surface area contributed by atoms with Crippen LogP contribution in [0.4, 0.5) is 0 Å². The van der Waals surface area contributed by atoms with Gasteiger partial charge in [0.2, 0.25) is 0 Å². The Kier molecular flexibility index (Phi) is 5.15. The maximum Gasteiger partial charge on any atom is 0.272 e. The monoisotopic (exact) mass is 370 g/mol. The molecule has 28 heavy (non-hydrogen) atoms. The molecule has 0 fully saturated rings. The summed E-state index contributed by atoms with van der Waals surface area (Å²) < 4.78 is 1.90. The van der Waals surface area contributed by atoms with Crippen molar-refractivity contribution in [1.82, 2.24) is 20.1 Å². The highest BCUT2D eigenvalue weighted by Gasteiger charge is 2.16. The molecule has 0 saturated carbocycles. The Balaban J connectivity index is 1.53. The molecular formula is C23H22N4O. The van der Waals surface area contributed by atoms with Gasteiger partial charge in [-0.25, -0.2) is 0 Å². The molecule has 0 aliphatic rings. The lowest BCUT2D eigenvalue weighted by Gasteiger charge is -2.04. The summed E-state index contributed by atoms with van der Waals surface area (Å²) in [7, 11) is 0. The van der Waals surface area contributed by atoms with E-state index in [2.05, 4.69) is 46.6 Å². The standard InChI is InChI=1S/C23H22N4O/c1-17-8-10-19(11-9-17)16-27-21-7-3-2-6-20(21)22(26-27)23(28)25-14-12-18-5-4-13-24-15-18/h2-11,13,15H,12,14,16H2,1H3,(H,25,28). The fourth-order valence-corrected chi connectivity index (χ4v) is 3.23. The van der Waals surface area contributed by atoms with Gasteiger partial charge in [-0.2, -0.15) is 5.10 Å². The van der Waals surface area contributed by atoms with Gasteiger partial charge >= 0.3 is 0 Å². The number of hydrogen-bond donors (Lipinski definition) is 1. The van der Waals surface area contributed by atoms with Crippen LogP contribution in [-0.4, -0.2) is 27.2 Å². The smallest absolute Gasteiger partial charge is 0.272 e. The molecule has 2 aromatic carbocycles. The van der Waals surface area contributed by atoms with E-state index in [1.54, 1.807) is 6.20 Å². The Labute approximate surface area is 164 Å². The van der Waals surface area contributed by atoms with Gasteiger partial charge < -0.3 is 5.32 Å². The molecule has 5 heteroatoms. The first-order chi connectivity index (χ1) is 13.7. The van der Waals surface area contributed by atoms with Crippen LogP contribution in [0.2, 0.25) is 0 Å². The summed E-state index contributed by atoms with van der Waals surface area (Å²) in [5.41, 5.74) is 4.90. The Morgan fingerprint density at radius 3 is 2.61 bits per heavy atom. The number of rotatable bonds is 6. The van der Waals surface area contributed by atoms with E-state index >= 15 is 0 Å². The Hall–Kier alpha value is -3.47. The average Bonchev–Trinajstić information content (AvgIpc) is 3.09. The first kappa shape index (κ1) is 17.9. The van der Waals surface area contributed by atoms with Crippen molar-refractivity contribution in [1.29, 1.82) is 0 Å². The van der Waals surface area contributed by atoms with Crippen molar-refractivity contribution in [2.75, 3.05) is 6.54 Å². The molecule has 0 radical (unpaired) electrons. The van der Waals surface area contributed by atoms with E-state index < -0.39 is 0 Å². The fourth-order valence-electron chi connectivity index (χ4n) is 3.23. The summed E-state index contributed by atoms with van der Waals surface area (Å²) in [5.74, 6) is -0.150. The maximum absolute atomic E-state index is 12.8. The van der Waals surface area contributed by atoms with E-state index in [-0.39, 0.29) is 5.91 Å². The molecule has 1 amide bonds. The van der Waals surface area contributed by atoms with Gasteiger partial charge in [-0.05, 0) is 36.6 Å². The topological polar surface area (TPSA) is 59.8 Å². The van der Waals surface area contributed by atoms with Crippen LogP contribution >= 0.6 is 0 Å². The highest BCUT2D eigenvalue weighted by molar-refractivity contribution is 6.04. The average molecular weight is 370 g/mol. The van der Waals surface area contributed by atoms with E-state index in [0.717, 1.165) is 28.5 Å². The van der Waals surface area contributed by atoms with E-state index in [1.807, 2.05) is 47.3 Å². The molecule has 0 aliphatic carbocycles. The number of amides is 1. The minimum absolute atomic E-state index is 0.150. The quantitative estimate of drug-likeness (QED) is 0.562. The van der Waals surface area contributed by atoms with Gasteiger partial charge in [-0.15, -0.1) is 0 Å². The first-order valence-corrected chi connectivity index (χ1v) is 9.39. The molecule has 5 nitrogen and oxygen atoms in total. The fraction of sp³-hybridized carbons (Fsp3) is 0.174. The summed E-state index contributed by atoms with van der Waals surface area (Å²) in [6.07, 6.45) is 4.30. The third-order valence-electron chi connectivity index (χ3n) is 4.75. The number of fused-ring (bicyclic) bond motifs is 1.